The summed E-state index contributed by atoms with van der Waals surface area (Å²) in [6, 6.07) is 17.3. The van der Waals surface area contributed by atoms with Gasteiger partial charge in [0, 0.05) is 37.3 Å². The van der Waals surface area contributed by atoms with E-state index in [2.05, 4.69) is 18.7 Å². The molecule has 1 fully saturated rings. The Labute approximate surface area is 165 Å². The van der Waals surface area contributed by atoms with E-state index < -0.39 is 5.91 Å². The number of rotatable bonds is 5. The molecule has 2 amide bonds. The summed E-state index contributed by atoms with van der Waals surface area (Å²) in [6.45, 7) is 6.57. The maximum atomic E-state index is 12.8. The van der Waals surface area contributed by atoms with Crippen LogP contribution in [0.5, 0.6) is 0 Å². The molecule has 0 aromatic heterocycles. The van der Waals surface area contributed by atoms with E-state index in [0.717, 1.165) is 30.8 Å². The van der Waals surface area contributed by atoms with Crippen LogP contribution in [-0.4, -0.2) is 52.0 Å². The Bertz CT molecular complexity index is 796. The van der Waals surface area contributed by atoms with Gasteiger partial charge in [-0.3, -0.25) is 19.7 Å². The van der Waals surface area contributed by atoms with Crippen LogP contribution in [0.25, 0.3) is 0 Å². The van der Waals surface area contributed by atoms with Crippen molar-refractivity contribution in [3.8, 4) is 0 Å². The highest BCUT2D eigenvalue weighted by molar-refractivity contribution is 5.93. The average molecular weight is 381 g/mol. The molecule has 28 heavy (non-hydrogen) atoms. The number of nitrogens with one attached hydrogen (secondary N) is 1. The van der Waals surface area contributed by atoms with Crippen LogP contribution in [0.2, 0.25) is 0 Å². The van der Waals surface area contributed by atoms with Crippen LogP contribution < -0.4 is 5.48 Å². The van der Waals surface area contributed by atoms with Gasteiger partial charge in [-0.15, -0.1) is 0 Å². The standard InChI is InChI=1S/C22H27N3O3/c1-16-13-24(15-19-8-10-20(11-9-19)22(27)23-28)14-17(2)25(16)21(26)12-18-6-4-3-5-7-18/h3-11,16-17,28H,12-15H2,1-2H3,(H,23,27)/t16-,17+. The van der Waals surface area contributed by atoms with E-state index in [1.165, 1.54) is 0 Å². The fourth-order valence-electron chi connectivity index (χ4n) is 4.00. The van der Waals surface area contributed by atoms with Gasteiger partial charge in [0.1, 0.15) is 0 Å². The zero-order valence-electron chi connectivity index (χ0n) is 16.3. The largest absolute Gasteiger partial charge is 0.334 e. The number of benzene rings is 2. The number of piperazine rings is 1. The highest BCUT2D eigenvalue weighted by Crippen LogP contribution is 2.20. The van der Waals surface area contributed by atoms with Crippen LogP contribution in [-0.2, 0) is 17.8 Å². The molecule has 3 rings (SSSR count). The lowest BCUT2D eigenvalue weighted by atomic mass is 10.0. The van der Waals surface area contributed by atoms with Gasteiger partial charge >= 0.3 is 0 Å². The number of carbonyl (C=O) groups is 2. The predicted molar refractivity (Wildman–Crippen MR) is 107 cm³/mol. The first-order chi connectivity index (χ1) is 13.5. The molecule has 148 valence electrons. The van der Waals surface area contributed by atoms with Gasteiger partial charge in [-0.05, 0) is 37.1 Å². The van der Waals surface area contributed by atoms with Gasteiger partial charge in [0.15, 0.2) is 0 Å². The minimum absolute atomic E-state index is 0.138. The van der Waals surface area contributed by atoms with Crippen molar-refractivity contribution in [3.63, 3.8) is 0 Å². The normalized spacial score (nSPS) is 20.0. The first-order valence-corrected chi connectivity index (χ1v) is 9.58. The van der Waals surface area contributed by atoms with Gasteiger partial charge in [-0.2, -0.15) is 0 Å². The second-order valence-corrected chi connectivity index (χ2v) is 7.49. The summed E-state index contributed by atoms with van der Waals surface area (Å²) >= 11 is 0. The molecule has 2 aromatic rings. The Morgan fingerprint density at radius 2 is 1.57 bits per heavy atom. The predicted octanol–water partition coefficient (Wildman–Crippen LogP) is 2.47. The van der Waals surface area contributed by atoms with Gasteiger partial charge < -0.3 is 4.90 Å². The molecule has 2 aromatic carbocycles. The van der Waals surface area contributed by atoms with Gasteiger partial charge in [-0.25, -0.2) is 5.48 Å². The van der Waals surface area contributed by atoms with E-state index >= 15 is 0 Å². The fraction of sp³-hybridized carbons (Fsp3) is 0.364. The lowest BCUT2D eigenvalue weighted by Gasteiger charge is -2.44. The first-order valence-electron chi connectivity index (χ1n) is 9.58. The molecule has 1 heterocycles. The summed E-state index contributed by atoms with van der Waals surface area (Å²) in [5.74, 6) is -0.343. The van der Waals surface area contributed by atoms with Crippen LogP contribution in [0.15, 0.2) is 54.6 Å². The van der Waals surface area contributed by atoms with Gasteiger partial charge in [0.25, 0.3) is 5.91 Å². The van der Waals surface area contributed by atoms with Gasteiger partial charge in [0.2, 0.25) is 5.91 Å². The van der Waals surface area contributed by atoms with E-state index in [1.807, 2.05) is 47.4 Å². The van der Waals surface area contributed by atoms with E-state index in [0.29, 0.717) is 12.0 Å². The van der Waals surface area contributed by atoms with Gasteiger partial charge in [-0.1, -0.05) is 42.5 Å². The molecule has 0 bridgehead atoms. The number of carbonyl (C=O) groups excluding carboxylic acids is 2. The van der Waals surface area contributed by atoms with Crippen molar-refractivity contribution in [2.45, 2.75) is 38.9 Å². The molecule has 0 radical (unpaired) electrons. The maximum Gasteiger partial charge on any atom is 0.274 e. The zero-order valence-corrected chi connectivity index (χ0v) is 16.3. The molecule has 6 nitrogen and oxygen atoms in total. The quantitative estimate of drug-likeness (QED) is 0.616. The minimum atomic E-state index is -0.515. The van der Waals surface area contributed by atoms with Crippen molar-refractivity contribution >= 4 is 11.8 Å². The second kappa shape index (κ2) is 8.99. The van der Waals surface area contributed by atoms with Crippen LogP contribution in [0.4, 0.5) is 0 Å². The molecule has 0 saturated carbocycles. The SMILES string of the molecule is C[C@@H]1CN(Cc2ccc(C(=O)NO)cc2)C[C@H](C)N1C(=O)Cc1ccccc1. The molecule has 2 atom stereocenters. The van der Waals surface area contributed by atoms with Crippen molar-refractivity contribution < 1.29 is 14.8 Å². The molecule has 1 aliphatic rings. The molecular formula is C22H27N3O3. The smallest absolute Gasteiger partial charge is 0.274 e. The minimum Gasteiger partial charge on any atom is -0.334 e. The second-order valence-electron chi connectivity index (χ2n) is 7.49. The monoisotopic (exact) mass is 381 g/mol. The van der Waals surface area contributed by atoms with E-state index in [9.17, 15) is 9.59 Å². The Morgan fingerprint density at radius 3 is 2.14 bits per heavy atom. The Kier molecular flexibility index (Phi) is 6.44. The Balaban J connectivity index is 1.59. The third-order valence-corrected chi connectivity index (χ3v) is 5.20. The molecule has 2 N–H and O–H groups in total. The number of hydroxylamine groups is 1. The molecule has 1 aliphatic heterocycles. The summed E-state index contributed by atoms with van der Waals surface area (Å²) < 4.78 is 0. The van der Waals surface area contributed by atoms with Crippen molar-refractivity contribution in [1.29, 1.82) is 0 Å². The maximum absolute atomic E-state index is 12.8. The third-order valence-electron chi connectivity index (χ3n) is 5.20. The molecule has 6 heteroatoms. The summed E-state index contributed by atoms with van der Waals surface area (Å²) in [6.07, 6.45) is 0.434. The highest BCUT2D eigenvalue weighted by Gasteiger charge is 2.32. The van der Waals surface area contributed by atoms with Crippen molar-refractivity contribution in [2.24, 2.45) is 0 Å². The molecular weight excluding hydrogens is 354 g/mol. The van der Waals surface area contributed by atoms with E-state index in [4.69, 9.17) is 5.21 Å². The Morgan fingerprint density at radius 1 is 0.964 bits per heavy atom. The third kappa shape index (κ3) is 4.77. The van der Waals surface area contributed by atoms with Crippen molar-refractivity contribution in [1.82, 2.24) is 15.3 Å². The number of nitrogens with zero attached hydrogens (tertiary/aromatic N) is 2. The molecule has 1 saturated heterocycles. The highest BCUT2D eigenvalue weighted by atomic mass is 16.5. The van der Waals surface area contributed by atoms with Crippen LogP contribution >= 0.6 is 0 Å². The zero-order chi connectivity index (χ0) is 20.1. The van der Waals surface area contributed by atoms with E-state index in [-0.39, 0.29) is 18.0 Å². The van der Waals surface area contributed by atoms with Crippen molar-refractivity contribution in [2.75, 3.05) is 13.1 Å². The summed E-state index contributed by atoms with van der Waals surface area (Å²) in [7, 11) is 0. The van der Waals surface area contributed by atoms with Crippen LogP contribution in [0, 0.1) is 0 Å². The first kappa shape index (κ1) is 20.0. The van der Waals surface area contributed by atoms with Gasteiger partial charge in [0.05, 0.1) is 6.42 Å². The summed E-state index contributed by atoms with van der Waals surface area (Å²) in [5.41, 5.74) is 4.20. The average Bonchev–Trinajstić information content (AvgIpc) is 2.68. The summed E-state index contributed by atoms with van der Waals surface area (Å²) in [4.78, 5) is 28.6. The molecule has 0 unspecified atom stereocenters. The lowest BCUT2D eigenvalue weighted by Crippen LogP contribution is -2.58. The number of amides is 2. The Hall–Kier alpha value is -2.70. The lowest BCUT2D eigenvalue weighted by molar-refractivity contribution is -0.138. The number of hydrogen-bond donors (Lipinski definition) is 2. The topological polar surface area (TPSA) is 72.9 Å². The van der Waals surface area contributed by atoms with E-state index in [1.54, 1.807) is 17.6 Å². The van der Waals surface area contributed by atoms with Crippen LogP contribution in [0.1, 0.15) is 35.3 Å². The van der Waals surface area contributed by atoms with Crippen molar-refractivity contribution in [3.05, 3.63) is 71.3 Å². The number of hydrogen-bond acceptors (Lipinski definition) is 4. The fourth-order valence-corrected chi connectivity index (χ4v) is 4.00. The summed E-state index contributed by atoms with van der Waals surface area (Å²) in [5, 5.41) is 8.70. The molecule has 0 aliphatic carbocycles. The molecule has 0 spiro atoms. The van der Waals surface area contributed by atoms with Crippen LogP contribution in [0.3, 0.4) is 0 Å².